The summed E-state index contributed by atoms with van der Waals surface area (Å²) in [5.74, 6) is 0. The molecule has 2 aromatic heterocycles. The molecule has 1 N–H and O–H groups in total. The molecule has 0 fully saturated rings. The van der Waals surface area contributed by atoms with Crippen LogP contribution < -0.4 is 0 Å². The van der Waals surface area contributed by atoms with Gasteiger partial charge in [0.25, 0.3) is 0 Å². The van der Waals surface area contributed by atoms with Crippen molar-refractivity contribution < 1.29 is 0 Å². The molecule has 0 atom stereocenters. The van der Waals surface area contributed by atoms with Crippen molar-refractivity contribution in [1.82, 2.24) is 9.97 Å². The van der Waals surface area contributed by atoms with Crippen molar-refractivity contribution in [3.05, 3.63) is 66.6 Å². The minimum atomic E-state index is 1.22. The summed E-state index contributed by atoms with van der Waals surface area (Å²) in [7, 11) is 0. The first-order chi connectivity index (χ1) is 7.86. The first kappa shape index (κ1) is 10.4. The van der Waals surface area contributed by atoms with Gasteiger partial charge in [0.1, 0.15) is 0 Å². The lowest BCUT2D eigenvalue weighted by atomic mass is 10.2. The molecule has 0 aliphatic heterocycles. The number of para-hydroxylation sites is 1. The maximum absolute atomic E-state index is 3.78. The van der Waals surface area contributed by atoms with Gasteiger partial charge in [-0.05, 0) is 36.6 Å². The molecular weight excluding hydrogens is 196 g/mol. The normalized spacial score (nSPS) is 9.56. The van der Waals surface area contributed by atoms with E-state index in [4.69, 9.17) is 0 Å². The van der Waals surface area contributed by atoms with Gasteiger partial charge in [0.15, 0.2) is 0 Å². The van der Waals surface area contributed by atoms with E-state index in [1.807, 2.05) is 24.3 Å². The molecule has 3 aromatic rings. The van der Waals surface area contributed by atoms with Gasteiger partial charge in [-0.15, -0.1) is 0 Å². The number of aromatic amines is 1. The van der Waals surface area contributed by atoms with Crippen LogP contribution in [0, 0.1) is 6.92 Å². The highest BCUT2D eigenvalue weighted by atomic mass is 14.7. The van der Waals surface area contributed by atoms with E-state index in [2.05, 4.69) is 41.2 Å². The third kappa shape index (κ3) is 2.70. The number of fused-ring (bicyclic) bond motifs is 1. The quantitative estimate of drug-likeness (QED) is 0.604. The second kappa shape index (κ2) is 5.12. The summed E-state index contributed by atoms with van der Waals surface area (Å²) in [6.07, 6.45) is 3.50. The molecule has 0 radical (unpaired) electrons. The molecular formula is C14H14N2. The average Bonchev–Trinajstić information content (AvgIpc) is 2.72. The zero-order valence-corrected chi connectivity index (χ0v) is 9.22. The summed E-state index contributed by atoms with van der Waals surface area (Å²) < 4.78 is 0. The van der Waals surface area contributed by atoms with Crippen molar-refractivity contribution in [3.8, 4) is 0 Å². The Morgan fingerprint density at radius 2 is 1.69 bits per heavy atom. The van der Waals surface area contributed by atoms with Crippen molar-refractivity contribution in [2.75, 3.05) is 0 Å². The number of aryl methyl sites for hydroxylation is 1. The van der Waals surface area contributed by atoms with Gasteiger partial charge < -0.3 is 4.98 Å². The predicted octanol–water partition coefficient (Wildman–Crippen LogP) is 3.56. The Labute approximate surface area is 95.0 Å². The topological polar surface area (TPSA) is 28.7 Å². The lowest BCUT2D eigenvalue weighted by molar-refractivity contribution is 1.30. The number of nitrogens with zero attached hydrogens (tertiary/aromatic N) is 1. The van der Waals surface area contributed by atoms with Gasteiger partial charge in [-0.3, -0.25) is 4.98 Å². The largest absolute Gasteiger partial charge is 0.359 e. The molecule has 1 aromatic carbocycles. The van der Waals surface area contributed by atoms with Crippen LogP contribution in [0.4, 0.5) is 0 Å². The summed E-state index contributed by atoms with van der Waals surface area (Å²) in [5.41, 5.74) is 2.45. The molecule has 0 bridgehead atoms. The van der Waals surface area contributed by atoms with E-state index < -0.39 is 0 Å². The fourth-order valence-electron chi connectivity index (χ4n) is 1.53. The predicted molar refractivity (Wildman–Crippen MR) is 67.3 cm³/mol. The molecule has 2 heteroatoms. The van der Waals surface area contributed by atoms with Crippen LogP contribution in [0.2, 0.25) is 0 Å². The molecule has 3 rings (SSSR count). The highest BCUT2D eigenvalue weighted by Crippen LogP contribution is 2.12. The summed E-state index contributed by atoms with van der Waals surface area (Å²) in [6, 6.07) is 16.2. The monoisotopic (exact) mass is 210 g/mol. The van der Waals surface area contributed by atoms with Crippen LogP contribution in [0.25, 0.3) is 10.9 Å². The van der Waals surface area contributed by atoms with Crippen LogP contribution >= 0.6 is 0 Å². The van der Waals surface area contributed by atoms with Gasteiger partial charge in [0.2, 0.25) is 0 Å². The lowest BCUT2D eigenvalue weighted by Crippen LogP contribution is -1.65. The molecule has 2 nitrogen and oxygen atoms in total. The summed E-state index contributed by atoms with van der Waals surface area (Å²) in [6.45, 7) is 2.07. The Hall–Kier alpha value is -2.09. The summed E-state index contributed by atoms with van der Waals surface area (Å²) in [5, 5.41) is 1.29. The van der Waals surface area contributed by atoms with Gasteiger partial charge in [-0.25, -0.2) is 0 Å². The van der Waals surface area contributed by atoms with Crippen LogP contribution in [-0.2, 0) is 0 Å². The minimum absolute atomic E-state index is 1.22. The van der Waals surface area contributed by atoms with Crippen molar-refractivity contribution in [2.45, 2.75) is 6.92 Å². The third-order valence-corrected chi connectivity index (χ3v) is 2.23. The van der Waals surface area contributed by atoms with Crippen molar-refractivity contribution in [3.63, 3.8) is 0 Å². The second-order valence-electron chi connectivity index (χ2n) is 3.56. The molecule has 0 aliphatic rings. The fourth-order valence-corrected chi connectivity index (χ4v) is 1.53. The number of pyridine rings is 1. The maximum Gasteiger partial charge on any atom is 0.0455 e. The second-order valence-corrected chi connectivity index (χ2v) is 3.56. The summed E-state index contributed by atoms with van der Waals surface area (Å²) in [4.78, 5) is 7.04. The van der Waals surface area contributed by atoms with E-state index in [0.717, 1.165) is 0 Å². The minimum Gasteiger partial charge on any atom is -0.359 e. The number of rotatable bonds is 0. The van der Waals surface area contributed by atoms with Gasteiger partial charge in [-0.1, -0.05) is 24.3 Å². The Morgan fingerprint density at radius 3 is 2.25 bits per heavy atom. The van der Waals surface area contributed by atoms with E-state index in [9.17, 15) is 0 Å². The highest BCUT2D eigenvalue weighted by molar-refractivity contribution is 5.79. The van der Waals surface area contributed by atoms with Crippen molar-refractivity contribution >= 4 is 10.9 Å². The van der Waals surface area contributed by atoms with Crippen LogP contribution in [-0.4, -0.2) is 9.97 Å². The molecule has 0 saturated carbocycles. The zero-order chi connectivity index (χ0) is 11.2. The van der Waals surface area contributed by atoms with E-state index in [1.165, 1.54) is 16.6 Å². The Kier molecular flexibility index (Phi) is 3.34. The van der Waals surface area contributed by atoms with Crippen LogP contribution in [0.1, 0.15) is 5.69 Å². The number of hydrogen-bond acceptors (Lipinski definition) is 1. The van der Waals surface area contributed by atoms with Gasteiger partial charge in [0, 0.05) is 23.6 Å². The first-order valence-corrected chi connectivity index (χ1v) is 5.25. The first-order valence-electron chi connectivity index (χ1n) is 5.25. The Bertz CT molecular complexity index is 481. The Balaban J connectivity index is 0.000000138. The van der Waals surface area contributed by atoms with Crippen LogP contribution in [0.3, 0.4) is 0 Å². The fraction of sp³-hybridized carbons (Fsp3) is 0.0714. The van der Waals surface area contributed by atoms with Gasteiger partial charge in [-0.2, -0.15) is 0 Å². The molecule has 80 valence electrons. The standard InChI is InChI=1S/C9H9N.C5H5N/c1-7-6-8-4-2-3-5-9(8)10-7;1-2-4-6-5-3-1/h2-6,10H,1H3;1-5H. The van der Waals surface area contributed by atoms with E-state index in [-0.39, 0.29) is 0 Å². The smallest absolute Gasteiger partial charge is 0.0455 e. The molecule has 2 heterocycles. The van der Waals surface area contributed by atoms with Crippen LogP contribution in [0.15, 0.2) is 60.9 Å². The number of nitrogens with one attached hydrogen (secondary N) is 1. The van der Waals surface area contributed by atoms with E-state index in [1.54, 1.807) is 12.4 Å². The number of H-pyrrole nitrogens is 1. The highest BCUT2D eigenvalue weighted by Gasteiger charge is 1.92. The van der Waals surface area contributed by atoms with E-state index in [0.29, 0.717) is 0 Å². The summed E-state index contributed by atoms with van der Waals surface area (Å²) >= 11 is 0. The molecule has 0 aliphatic carbocycles. The molecule has 0 saturated heterocycles. The van der Waals surface area contributed by atoms with Gasteiger partial charge >= 0.3 is 0 Å². The molecule has 0 unspecified atom stereocenters. The average molecular weight is 210 g/mol. The van der Waals surface area contributed by atoms with Crippen molar-refractivity contribution in [2.24, 2.45) is 0 Å². The maximum atomic E-state index is 3.78. The number of benzene rings is 1. The zero-order valence-electron chi connectivity index (χ0n) is 9.22. The lowest BCUT2D eigenvalue weighted by Gasteiger charge is -1.83. The number of aromatic nitrogens is 2. The van der Waals surface area contributed by atoms with Crippen LogP contribution in [0.5, 0.6) is 0 Å². The molecule has 0 amide bonds. The van der Waals surface area contributed by atoms with Gasteiger partial charge in [0.05, 0.1) is 0 Å². The molecule has 16 heavy (non-hydrogen) atoms. The Morgan fingerprint density at radius 1 is 0.938 bits per heavy atom. The SMILES string of the molecule is Cc1cc2ccccc2[nH]1.c1ccncc1. The third-order valence-electron chi connectivity index (χ3n) is 2.23. The molecule has 0 spiro atoms. The van der Waals surface area contributed by atoms with Crippen molar-refractivity contribution in [1.29, 1.82) is 0 Å². The number of hydrogen-bond donors (Lipinski definition) is 1. The van der Waals surface area contributed by atoms with E-state index >= 15 is 0 Å².